The van der Waals surface area contributed by atoms with Gasteiger partial charge in [0.05, 0.1) is 11.6 Å². The molecule has 3 aromatic carbocycles. The van der Waals surface area contributed by atoms with Crippen LogP contribution >= 0.6 is 0 Å². The molecule has 4 rings (SSSR count). The van der Waals surface area contributed by atoms with Crippen LogP contribution < -0.4 is 4.74 Å². The average molecular weight is 498 g/mol. The van der Waals surface area contributed by atoms with E-state index in [0.717, 1.165) is 42.4 Å². The number of likely N-dealkylation sites (tertiary alicyclic amines) is 1. The van der Waals surface area contributed by atoms with Gasteiger partial charge in [0.25, 0.3) is 11.7 Å². The van der Waals surface area contributed by atoms with Crippen molar-refractivity contribution in [3.05, 3.63) is 106 Å². The van der Waals surface area contributed by atoms with E-state index in [1.54, 1.807) is 23.1 Å². The number of hydrogen-bond acceptors (Lipinski definition) is 4. The summed E-state index contributed by atoms with van der Waals surface area (Å²) in [5.41, 5.74) is 4.53. The molecular formula is C32H35NO4. The lowest BCUT2D eigenvalue weighted by atomic mass is 9.94. The predicted octanol–water partition coefficient (Wildman–Crippen LogP) is 6.75. The molecule has 0 saturated carbocycles. The van der Waals surface area contributed by atoms with E-state index in [2.05, 4.69) is 13.8 Å². The molecule has 0 aromatic heterocycles. The zero-order chi connectivity index (χ0) is 26.4. The monoisotopic (exact) mass is 497 g/mol. The minimum Gasteiger partial charge on any atom is -0.507 e. The van der Waals surface area contributed by atoms with Gasteiger partial charge in [-0.2, -0.15) is 0 Å². The third-order valence-corrected chi connectivity index (χ3v) is 6.93. The molecule has 0 radical (unpaired) electrons. The Hall–Kier alpha value is -3.86. The molecule has 1 heterocycles. The maximum absolute atomic E-state index is 13.2. The first-order chi connectivity index (χ1) is 17.9. The van der Waals surface area contributed by atoms with Gasteiger partial charge in [0.2, 0.25) is 0 Å². The van der Waals surface area contributed by atoms with Crippen molar-refractivity contribution in [3.63, 3.8) is 0 Å². The van der Waals surface area contributed by atoms with Crippen LogP contribution in [0.2, 0.25) is 0 Å². The van der Waals surface area contributed by atoms with E-state index >= 15 is 0 Å². The van der Waals surface area contributed by atoms with E-state index in [0.29, 0.717) is 24.5 Å². The van der Waals surface area contributed by atoms with Gasteiger partial charge in [0.1, 0.15) is 18.1 Å². The number of aryl methyl sites for hydroxylation is 2. The van der Waals surface area contributed by atoms with Gasteiger partial charge < -0.3 is 14.7 Å². The van der Waals surface area contributed by atoms with Crippen LogP contribution in [0.5, 0.6) is 5.75 Å². The van der Waals surface area contributed by atoms with Crippen LogP contribution in [-0.2, 0) is 22.6 Å². The first kappa shape index (κ1) is 26.2. The van der Waals surface area contributed by atoms with Gasteiger partial charge in [0, 0.05) is 12.1 Å². The van der Waals surface area contributed by atoms with Gasteiger partial charge in [-0.15, -0.1) is 0 Å². The molecule has 5 nitrogen and oxygen atoms in total. The molecule has 192 valence electrons. The van der Waals surface area contributed by atoms with Gasteiger partial charge in [-0.25, -0.2) is 0 Å². The number of ether oxygens (including phenoxy) is 1. The molecule has 3 aromatic rings. The minimum atomic E-state index is -0.638. The van der Waals surface area contributed by atoms with Crippen molar-refractivity contribution in [2.45, 2.75) is 59.1 Å². The molecular weight excluding hydrogens is 462 g/mol. The Balaban J connectivity index is 1.68. The molecule has 1 N–H and O–H groups in total. The van der Waals surface area contributed by atoms with E-state index in [4.69, 9.17) is 4.74 Å². The number of carbonyl (C=O) groups is 2. The summed E-state index contributed by atoms with van der Waals surface area (Å²) in [5.74, 6) is -0.645. The number of amides is 1. The summed E-state index contributed by atoms with van der Waals surface area (Å²) in [6, 6.07) is 22.6. The number of nitrogens with zero attached hydrogens (tertiary/aromatic N) is 1. The van der Waals surface area contributed by atoms with Crippen LogP contribution in [0.1, 0.15) is 67.0 Å². The fourth-order valence-corrected chi connectivity index (χ4v) is 4.77. The summed E-state index contributed by atoms with van der Waals surface area (Å²) in [7, 11) is 0. The number of carbonyl (C=O) groups excluding carboxylic acids is 2. The van der Waals surface area contributed by atoms with Crippen LogP contribution in [0, 0.1) is 6.92 Å². The Kier molecular flexibility index (Phi) is 8.44. The zero-order valence-corrected chi connectivity index (χ0v) is 21.9. The second-order valence-electron chi connectivity index (χ2n) is 9.55. The summed E-state index contributed by atoms with van der Waals surface area (Å²) < 4.78 is 5.98. The van der Waals surface area contributed by atoms with Crippen molar-refractivity contribution < 1.29 is 19.4 Å². The summed E-state index contributed by atoms with van der Waals surface area (Å²) in [6.07, 6.45) is 3.68. The van der Waals surface area contributed by atoms with E-state index in [9.17, 15) is 14.7 Å². The average Bonchev–Trinajstić information content (AvgIpc) is 3.17. The van der Waals surface area contributed by atoms with Crippen molar-refractivity contribution in [1.29, 1.82) is 0 Å². The molecule has 37 heavy (non-hydrogen) atoms. The standard InChI is InChI=1S/C32H35NO4/c1-4-6-10-19-33-29(25-15-13-23(5-2)14-16-25)28(31(35)32(33)36)30(34)26-17-18-27(22(3)20-26)37-21-24-11-8-7-9-12-24/h7-9,11-18,20,29,34H,4-6,10,19,21H2,1-3H3/b30-28-. The maximum atomic E-state index is 13.2. The third kappa shape index (κ3) is 5.77. The minimum absolute atomic E-state index is 0.142. The third-order valence-electron chi connectivity index (χ3n) is 6.93. The van der Waals surface area contributed by atoms with Crippen LogP contribution in [-0.4, -0.2) is 28.2 Å². The SMILES string of the molecule is CCCCCN1C(=O)C(=O)/C(=C(\O)c2ccc(OCc3ccccc3)c(C)c2)C1c1ccc(CC)cc1. The van der Waals surface area contributed by atoms with Crippen LogP contribution in [0.25, 0.3) is 5.76 Å². The lowest BCUT2D eigenvalue weighted by molar-refractivity contribution is -0.139. The molecule has 0 aliphatic carbocycles. The van der Waals surface area contributed by atoms with Gasteiger partial charge in [0.15, 0.2) is 0 Å². The molecule has 1 unspecified atom stereocenters. The second kappa shape index (κ2) is 11.9. The largest absolute Gasteiger partial charge is 0.507 e. The lowest BCUT2D eigenvalue weighted by Gasteiger charge is -2.25. The van der Waals surface area contributed by atoms with E-state index in [1.807, 2.05) is 61.5 Å². The first-order valence-electron chi connectivity index (χ1n) is 13.1. The number of rotatable bonds is 10. The molecule has 1 aliphatic heterocycles. The van der Waals surface area contributed by atoms with E-state index in [-0.39, 0.29) is 11.3 Å². The van der Waals surface area contributed by atoms with Gasteiger partial charge in [-0.3, -0.25) is 9.59 Å². The number of benzene rings is 3. The number of aliphatic hydroxyl groups is 1. The highest BCUT2D eigenvalue weighted by atomic mass is 16.5. The number of hydrogen-bond donors (Lipinski definition) is 1. The van der Waals surface area contributed by atoms with Gasteiger partial charge >= 0.3 is 0 Å². The van der Waals surface area contributed by atoms with Crippen molar-refractivity contribution in [1.82, 2.24) is 4.90 Å². The second-order valence-corrected chi connectivity index (χ2v) is 9.55. The Bertz CT molecular complexity index is 1280. The van der Waals surface area contributed by atoms with Crippen LogP contribution in [0.3, 0.4) is 0 Å². The van der Waals surface area contributed by atoms with Gasteiger partial charge in [-0.1, -0.05) is 81.3 Å². The van der Waals surface area contributed by atoms with Crippen molar-refractivity contribution in [2.24, 2.45) is 0 Å². The van der Waals surface area contributed by atoms with Crippen LogP contribution in [0.15, 0.2) is 78.4 Å². The number of unbranched alkanes of at least 4 members (excludes halogenated alkanes) is 2. The molecule has 1 amide bonds. The van der Waals surface area contributed by atoms with Crippen molar-refractivity contribution >= 4 is 17.4 Å². The molecule has 0 spiro atoms. The fraction of sp³-hybridized carbons (Fsp3) is 0.312. The Morgan fingerprint density at radius 2 is 1.65 bits per heavy atom. The summed E-state index contributed by atoms with van der Waals surface area (Å²) in [5, 5.41) is 11.4. The quantitative estimate of drug-likeness (QED) is 0.146. The fourth-order valence-electron chi connectivity index (χ4n) is 4.77. The van der Waals surface area contributed by atoms with E-state index in [1.165, 1.54) is 5.56 Å². The topological polar surface area (TPSA) is 66.8 Å². The molecule has 1 fully saturated rings. The smallest absolute Gasteiger partial charge is 0.295 e. The first-order valence-corrected chi connectivity index (χ1v) is 13.1. The van der Waals surface area contributed by atoms with Crippen molar-refractivity contribution in [3.8, 4) is 5.75 Å². The van der Waals surface area contributed by atoms with Gasteiger partial charge in [-0.05, 0) is 60.2 Å². The Morgan fingerprint density at radius 3 is 2.30 bits per heavy atom. The summed E-state index contributed by atoms with van der Waals surface area (Å²) >= 11 is 0. The summed E-state index contributed by atoms with van der Waals surface area (Å²) in [6.45, 7) is 7.00. The van der Waals surface area contributed by atoms with Crippen molar-refractivity contribution in [2.75, 3.05) is 6.54 Å². The number of Topliss-reactive ketones (excluding diaryl/α,β-unsaturated/α-hetero) is 1. The highest BCUT2D eigenvalue weighted by Gasteiger charge is 2.45. The highest BCUT2D eigenvalue weighted by Crippen LogP contribution is 2.40. The van der Waals surface area contributed by atoms with Crippen LogP contribution in [0.4, 0.5) is 0 Å². The highest BCUT2D eigenvalue weighted by molar-refractivity contribution is 6.46. The molecule has 1 aliphatic rings. The molecule has 1 saturated heterocycles. The maximum Gasteiger partial charge on any atom is 0.295 e. The number of ketones is 1. The number of aliphatic hydroxyl groups excluding tert-OH is 1. The van der Waals surface area contributed by atoms with E-state index < -0.39 is 17.7 Å². The molecule has 5 heteroatoms. The zero-order valence-electron chi connectivity index (χ0n) is 21.9. The Labute approximate surface area is 219 Å². The predicted molar refractivity (Wildman–Crippen MR) is 146 cm³/mol. The summed E-state index contributed by atoms with van der Waals surface area (Å²) in [4.78, 5) is 28.0. The lowest BCUT2D eigenvalue weighted by Crippen LogP contribution is -2.30. The molecule has 0 bridgehead atoms. The molecule has 1 atom stereocenters. The normalized spacial score (nSPS) is 16.8. The Morgan fingerprint density at radius 1 is 0.919 bits per heavy atom.